The van der Waals surface area contributed by atoms with Gasteiger partial charge in [0.15, 0.2) is 15.6 Å². The van der Waals surface area contributed by atoms with Crippen molar-refractivity contribution in [3.63, 3.8) is 0 Å². The first-order valence-electron chi connectivity index (χ1n) is 9.19. The Labute approximate surface area is 186 Å². The summed E-state index contributed by atoms with van der Waals surface area (Å²) in [7, 11) is -7.89. The number of carbonyl (C=O) groups excluding carboxylic acids is 1. The van der Waals surface area contributed by atoms with Crippen LogP contribution in [0.25, 0.3) is 0 Å². The third-order valence-corrected chi connectivity index (χ3v) is 6.89. The molecule has 174 valence electrons. The molecule has 10 nitrogen and oxygen atoms in total. The van der Waals surface area contributed by atoms with Gasteiger partial charge in [0, 0.05) is 11.2 Å². The first kappa shape index (κ1) is 25.1. The second kappa shape index (κ2) is 8.79. The molecule has 32 heavy (non-hydrogen) atoms. The van der Waals surface area contributed by atoms with E-state index < -0.39 is 54.4 Å². The number of carboxylic acids is 1. The van der Waals surface area contributed by atoms with Gasteiger partial charge in [-0.2, -0.15) is 8.42 Å². The molecule has 0 spiro atoms. The molecule has 0 fully saturated rings. The largest absolute Gasteiger partial charge is 0.478 e. The molecule has 0 bridgehead atoms. The Bertz CT molecular complexity index is 1280. The summed E-state index contributed by atoms with van der Waals surface area (Å²) < 4.78 is 53.2. The van der Waals surface area contributed by atoms with E-state index in [0.29, 0.717) is 11.3 Å². The van der Waals surface area contributed by atoms with Crippen LogP contribution in [-0.4, -0.2) is 51.4 Å². The standard InChI is InChI=1S/C20H24N2O8S2/c1-12-10-13(8-9-15(12)21)32(28,29)11-20(2,3)22-18(23)14-6-5-7-16(17(14)19(24)25)30-31(4,26)27/h5-10H,11,21H2,1-4H3,(H,22,23)(H,24,25). The Hall–Kier alpha value is -3.12. The summed E-state index contributed by atoms with van der Waals surface area (Å²) >= 11 is 0. The fraction of sp³-hybridized carbons (Fsp3) is 0.300. The highest BCUT2D eigenvalue weighted by Crippen LogP contribution is 2.25. The lowest BCUT2D eigenvalue weighted by Gasteiger charge is -2.26. The minimum atomic E-state index is -4.06. The molecule has 0 saturated carbocycles. The van der Waals surface area contributed by atoms with Gasteiger partial charge in [-0.15, -0.1) is 0 Å². The molecule has 0 aromatic heterocycles. The highest BCUT2D eigenvalue weighted by atomic mass is 32.2. The first-order valence-corrected chi connectivity index (χ1v) is 12.7. The van der Waals surface area contributed by atoms with Crippen LogP contribution < -0.4 is 15.2 Å². The second-order valence-corrected chi connectivity index (χ2v) is 11.5. The SMILES string of the molecule is Cc1cc(S(=O)(=O)CC(C)(C)NC(=O)c2cccc(OS(C)(=O)=O)c2C(=O)O)ccc1N. The fourth-order valence-electron chi connectivity index (χ4n) is 2.98. The highest BCUT2D eigenvalue weighted by Gasteiger charge is 2.32. The van der Waals surface area contributed by atoms with Crippen molar-refractivity contribution in [1.29, 1.82) is 0 Å². The molecule has 0 saturated heterocycles. The van der Waals surface area contributed by atoms with Gasteiger partial charge in [-0.1, -0.05) is 6.07 Å². The number of hydrogen-bond acceptors (Lipinski definition) is 8. The average molecular weight is 485 g/mol. The molecule has 0 atom stereocenters. The predicted molar refractivity (Wildman–Crippen MR) is 118 cm³/mol. The number of nitrogen functional groups attached to an aromatic ring is 1. The van der Waals surface area contributed by atoms with Gasteiger partial charge < -0.3 is 20.3 Å². The second-order valence-electron chi connectivity index (χ2n) is 7.89. The van der Waals surface area contributed by atoms with Crippen LogP contribution in [0.3, 0.4) is 0 Å². The number of hydrogen-bond donors (Lipinski definition) is 3. The smallest absolute Gasteiger partial charge is 0.340 e. The van der Waals surface area contributed by atoms with Crippen LogP contribution in [0.4, 0.5) is 5.69 Å². The van der Waals surface area contributed by atoms with Crippen molar-refractivity contribution >= 4 is 37.5 Å². The molecule has 2 aromatic rings. The lowest BCUT2D eigenvalue weighted by Crippen LogP contribution is -2.48. The van der Waals surface area contributed by atoms with E-state index in [1.165, 1.54) is 44.2 Å². The van der Waals surface area contributed by atoms with E-state index in [2.05, 4.69) is 9.50 Å². The number of nitrogens with one attached hydrogen (secondary N) is 1. The predicted octanol–water partition coefficient (Wildman–Crippen LogP) is 1.60. The summed E-state index contributed by atoms with van der Waals surface area (Å²) in [4.78, 5) is 24.6. The van der Waals surface area contributed by atoms with Gasteiger partial charge in [-0.05, 0) is 56.7 Å². The molecule has 12 heteroatoms. The van der Waals surface area contributed by atoms with Crippen LogP contribution in [0.1, 0.15) is 40.1 Å². The summed E-state index contributed by atoms with van der Waals surface area (Å²) in [6.45, 7) is 4.59. The normalized spacial score (nSPS) is 12.2. The maximum atomic E-state index is 12.8. The lowest BCUT2D eigenvalue weighted by atomic mass is 10.0. The average Bonchev–Trinajstić information content (AvgIpc) is 2.60. The van der Waals surface area contributed by atoms with Crippen molar-refractivity contribution < 1.29 is 35.7 Å². The van der Waals surface area contributed by atoms with E-state index in [0.717, 1.165) is 12.3 Å². The molecular formula is C20H24N2O8S2. The Kier molecular flexibility index (Phi) is 6.90. The number of amides is 1. The van der Waals surface area contributed by atoms with Gasteiger partial charge >= 0.3 is 16.1 Å². The molecular weight excluding hydrogens is 460 g/mol. The molecule has 1 amide bonds. The molecule has 0 aliphatic rings. The number of aryl methyl sites for hydroxylation is 1. The Morgan fingerprint density at radius 3 is 2.28 bits per heavy atom. The van der Waals surface area contributed by atoms with E-state index in [9.17, 15) is 31.5 Å². The number of rotatable bonds is 8. The van der Waals surface area contributed by atoms with E-state index in [-0.39, 0.29) is 10.5 Å². The molecule has 0 aliphatic carbocycles. The maximum Gasteiger partial charge on any atom is 0.340 e. The summed E-state index contributed by atoms with van der Waals surface area (Å²) in [6.07, 6.45) is 0.734. The Morgan fingerprint density at radius 1 is 1.12 bits per heavy atom. The van der Waals surface area contributed by atoms with Crippen LogP contribution in [0.15, 0.2) is 41.3 Å². The molecule has 0 aliphatic heterocycles. The molecule has 0 heterocycles. The summed E-state index contributed by atoms with van der Waals surface area (Å²) in [5.74, 6) is -3.51. The number of aromatic carboxylic acids is 1. The molecule has 2 aromatic carbocycles. The molecule has 4 N–H and O–H groups in total. The zero-order chi connectivity index (χ0) is 24.5. The van der Waals surface area contributed by atoms with Gasteiger partial charge in [-0.25, -0.2) is 13.2 Å². The first-order chi connectivity index (χ1) is 14.5. The Morgan fingerprint density at radius 2 is 1.75 bits per heavy atom. The number of benzene rings is 2. The minimum absolute atomic E-state index is 0.0290. The van der Waals surface area contributed by atoms with E-state index in [1.807, 2.05) is 0 Å². The number of carbonyl (C=O) groups is 2. The summed E-state index contributed by atoms with van der Waals surface area (Å²) in [6, 6.07) is 7.78. The van der Waals surface area contributed by atoms with Crippen LogP contribution in [-0.2, 0) is 20.0 Å². The third kappa shape index (κ3) is 6.20. The monoisotopic (exact) mass is 484 g/mol. The quantitative estimate of drug-likeness (QED) is 0.372. The third-order valence-electron chi connectivity index (χ3n) is 4.33. The van der Waals surface area contributed by atoms with E-state index >= 15 is 0 Å². The van der Waals surface area contributed by atoms with Gasteiger partial charge in [0.1, 0.15) is 5.56 Å². The number of nitrogens with two attached hydrogens (primary N) is 1. The van der Waals surface area contributed by atoms with Gasteiger partial charge in [0.2, 0.25) is 0 Å². The van der Waals surface area contributed by atoms with Crippen molar-refractivity contribution in [2.75, 3.05) is 17.7 Å². The molecule has 2 rings (SSSR count). The lowest BCUT2D eigenvalue weighted by molar-refractivity contribution is 0.0687. The van der Waals surface area contributed by atoms with Crippen LogP contribution in [0.2, 0.25) is 0 Å². The zero-order valence-electron chi connectivity index (χ0n) is 17.9. The number of sulfone groups is 1. The molecule has 0 unspecified atom stereocenters. The summed E-state index contributed by atoms with van der Waals surface area (Å²) in [5.41, 5.74) is 4.40. The van der Waals surface area contributed by atoms with Crippen molar-refractivity contribution in [2.24, 2.45) is 0 Å². The van der Waals surface area contributed by atoms with E-state index in [4.69, 9.17) is 5.73 Å². The van der Waals surface area contributed by atoms with Gasteiger partial charge in [0.05, 0.1) is 22.5 Å². The topological polar surface area (TPSA) is 170 Å². The van der Waals surface area contributed by atoms with Crippen molar-refractivity contribution in [2.45, 2.75) is 31.2 Å². The van der Waals surface area contributed by atoms with Gasteiger partial charge in [-0.3, -0.25) is 4.79 Å². The van der Waals surface area contributed by atoms with Gasteiger partial charge in [0.25, 0.3) is 5.91 Å². The maximum absolute atomic E-state index is 12.8. The zero-order valence-corrected chi connectivity index (χ0v) is 19.5. The molecule has 0 radical (unpaired) electrons. The minimum Gasteiger partial charge on any atom is -0.478 e. The number of carboxylic acid groups (broad SMARTS) is 1. The Balaban J connectivity index is 2.36. The summed E-state index contributed by atoms with van der Waals surface area (Å²) in [5, 5.41) is 12.0. The number of anilines is 1. The van der Waals surface area contributed by atoms with Crippen molar-refractivity contribution in [3.05, 3.63) is 53.1 Å². The van der Waals surface area contributed by atoms with Crippen molar-refractivity contribution in [1.82, 2.24) is 5.32 Å². The van der Waals surface area contributed by atoms with Crippen LogP contribution in [0.5, 0.6) is 5.75 Å². The van der Waals surface area contributed by atoms with E-state index in [1.54, 1.807) is 6.92 Å². The highest BCUT2D eigenvalue weighted by molar-refractivity contribution is 7.91. The van der Waals surface area contributed by atoms with Crippen LogP contribution in [0, 0.1) is 6.92 Å². The van der Waals surface area contributed by atoms with Crippen LogP contribution >= 0.6 is 0 Å². The van der Waals surface area contributed by atoms with Crippen molar-refractivity contribution in [3.8, 4) is 5.75 Å². The fourth-order valence-corrected chi connectivity index (χ4v) is 5.27.